The molecule has 1 heterocycles. The second-order valence-corrected chi connectivity index (χ2v) is 5.17. The summed E-state index contributed by atoms with van der Waals surface area (Å²) in [5.74, 6) is 0.471. The quantitative estimate of drug-likeness (QED) is 0.848. The van der Waals surface area contributed by atoms with E-state index < -0.39 is 4.75 Å². The lowest BCUT2D eigenvalue weighted by atomic mass is 9.92. The number of hydrogen-bond acceptors (Lipinski definition) is 3. The number of nitrogens with two attached hydrogens (primary N) is 1. The van der Waals surface area contributed by atoms with E-state index in [0.29, 0.717) is 6.61 Å². The fourth-order valence-electron chi connectivity index (χ4n) is 2.08. The van der Waals surface area contributed by atoms with E-state index in [1.807, 2.05) is 37.3 Å². The van der Waals surface area contributed by atoms with Crippen molar-refractivity contribution in [3.63, 3.8) is 0 Å². The Balaban J connectivity index is 2.46. The van der Waals surface area contributed by atoms with Gasteiger partial charge in [0.15, 0.2) is 0 Å². The van der Waals surface area contributed by atoms with Crippen LogP contribution in [-0.2, 0) is 14.3 Å². The maximum atomic E-state index is 11.8. The van der Waals surface area contributed by atoms with Gasteiger partial charge in [-0.1, -0.05) is 30.3 Å². The van der Waals surface area contributed by atoms with Crippen LogP contribution in [0, 0.1) is 0 Å². The zero-order valence-corrected chi connectivity index (χ0v) is 10.00. The predicted molar refractivity (Wildman–Crippen MR) is 65.2 cm³/mol. The van der Waals surface area contributed by atoms with Crippen molar-refractivity contribution in [2.24, 2.45) is 5.73 Å². The molecule has 0 radical (unpaired) electrons. The molecule has 1 aromatic carbocycles. The number of thioether (sulfide) groups is 1. The third kappa shape index (κ3) is 1.72. The fourth-order valence-corrected chi connectivity index (χ4v) is 3.33. The van der Waals surface area contributed by atoms with E-state index in [2.05, 4.69) is 0 Å². The Labute approximate surface area is 99.4 Å². The molecule has 2 unspecified atom stereocenters. The van der Waals surface area contributed by atoms with Crippen molar-refractivity contribution in [2.45, 2.75) is 17.8 Å². The van der Waals surface area contributed by atoms with Gasteiger partial charge in [0.2, 0.25) is 5.91 Å². The Morgan fingerprint density at radius 3 is 2.75 bits per heavy atom. The van der Waals surface area contributed by atoms with Crippen LogP contribution in [0.1, 0.15) is 12.5 Å². The summed E-state index contributed by atoms with van der Waals surface area (Å²) in [6, 6.07) is 9.63. The largest absolute Gasteiger partial charge is 0.375 e. The van der Waals surface area contributed by atoms with Crippen LogP contribution >= 0.6 is 11.8 Å². The molecule has 0 bridgehead atoms. The predicted octanol–water partition coefficient (Wildman–Crippen LogP) is 1.52. The standard InChI is InChI=1S/C12H15NO2S/c1-9-12(11(13)14,16-8-7-15-9)10-5-3-2-4-6-10/h2-6,9H,7-8H2,1H3,(H2,13,14). The Morgan fingerprint density at radius 1 is 1.50 bits per heavy atom. The van der Waals surface area contributed by atoms with Gasteiger partial charge in [-0.25, -0.2) is 0 Å². The van der Waals surface area contributed by atoms with E-state index in [1.165, 1.54) is 0 Å². The molecule has 0 aromatic heterocycles. The Kier molecular flexibility index (Phi) is 3.21. The average molecular weight is 237 g/mol. The molecular weight excluding hydrogens is 222 g/mol. The molecule has 86 valence electrons. The van der Waals surface area contributed by atoms with Gasteiger partial charge < -0.3 is 10.5 Å². The molecule has 1 aromatic rings. The summed E-state index contributed by atoms with van der Waals surface area (Å²) in [6.07, 6.45) is -0.189. The van der Waals surface area contributed by atoms with Crippen molar-refractivity contribution in [3.05, 3.63) is 35.9 Å². The van der Waals surface area contributed by atoms with Gasteiger partial charge in [0.1, 0.15) is 4.75 Å². The Morgan fingerprint density at radius 2 is 2.19 bits per heavy atom. The van der Waals surface area contributed by atoms with Gasteiger partial charge in [0.05, 0.1) is 12.7 Å². The fraction of sp³-hybridized carbons (Fsp3) is 0.417. The highest BCUT2D eigenvalue weighted by Gasteiger charge is 2.47. The van der Waals surface area contributed by atoms with E-state index in [0.717, 1.165) is 11.3 Å². The second kappa shape index (κ2) is 4.47. The highest BCUT2D eigenvalue weighted by atomic mass is 32.2. The molecule has 1 fully saturated rings. The molecule has 1 amide bonds. The van der Waals surface area contributed by atoms with E-state index in [4.69, 9.17) is 10.5 Å². The first-order valence-corrected chi connectivity index (χ1v) is 6.27. The van der Waals surface area contributed by atoms with Crippen LogP contribution in [0.3, 0.4) is 0 Å². The summed E-state index contributed by atoms with van der Waals surface area (Å²) in [5, 5.41) is 0. The minimum atomic E-state index is -0.737. The van der Waals surface area contributed by atoms with Crippen LogP contribution in [0.25, 0.3) is 0 Å². The second-order valence-electron chi connectivity index (χ2n) is 3.83. The number of carbonyl (C=O) groups excluding carboxylic acids is 1. The SMILES string of the molecule is CC1OCCSC1(C(N)=O)c1ccccc1. The molecule has 1 aliphatic rings. The summed E-state index contributed by atoms with van der Waals surface area (Å²) in [7, 11) is 0. The van der Waals surface area contributed by atoms with E-state index in [1.54, 1.807) is 11.8 Å². The van der Waals surface area contributed by atoms with Crippen molar-refractivity contribution < 1.29 is 9.53 Å². The van der Waals surface area contributed by atoms with Gasteiger partial charge in [0.25, 0.3) is 0 Å². The number of benzene rings is 1. The van der Waals surface area contributed by atoms with Gasteiger partial charge in [-0.3, -0.25) is 4.79 Å². The van der Waals surface area contributed by atoms with Gasteiger partial charge in [0, 0.05) is 5.75 Å². The molecular formula is C12H15NO2S. The summed E-state index contributed by atoms with van der Waals surface area (Å²) >= 11 is 1.58. The number of hydrogen-bond donors (Lipinski definition) is 1. The summed E-state index contributed by atoms with van der Waals surface area (Å²) in [4.78, 5) is 11.8. The summed E-state index contributed by atoms with van der Waals surface area (Å²) in [5.41, 5.74) is 6.52. The minimum absolute atomic E-state index is 0.189. The number of primary amides is 1. The topological polar surface area (TPSA) is 52.3 Å². The molecule has 1 aliphatic heterocycles. The van der Waals surface area contributed by atoms with Crippen molar-refractivity contribution in [3.8, 4) is 0 Å². The van der Waals surface area contributed by atoms with Crippen molar-refractivity contribution in [1.29, 1.82) is 0 Å². The summed E-state index contributed by atoms with van der Waals surface area (Å²) < 4.78 is 4.85. The van der Waals surface area contributed by atoms with Crippen LogP contribution in [0.4, 0.5) is 0 Å². The lowest BCUT2D eigenvalue weighted by Crippen LogP contribution is -2.50. The highest BCUT2D eigenvalue weighted by molar-refractivity contribution is 8.01. The smallest absolute Gasteiger partial charge is 0.240 e. The molecule has 4 heteroatoms. The van der Waals surface area contributed by atoms with Gasteiger partial charge >= 0.3 is 0 Å². The lowest BCUT2D eigenvalue weighted by molar-refractivity contribution is -0.124. The maximum Gasteiger partial charge on any atom is 0.240 e. The number of carbonyl (C=O) groups is 1. The van der Waals surface area contributed by atoms with Crippen LogP contribution < -0.4 is 5.73 Å². The zero-order valence-electron chi connectivity index (χ0n) is 9.18. The molecule has 2 N–H and O–H groups in total. The number of amides is 1. The zero-order chi connectivity index (χ0) is 11.6. The Bertz CT molecular complexity index is 382. The molecule has 0 aliphatic carbocycles. The van der Waals surface area contributed by atoms with Crippen LogP contribution in [0.2, 0.25) is 0 Å². The number of rotatable bonds is 2. The molecule has 1 saturated heterocycles. The van der Waals surface area contributed by atoms with E-state index in [9.17, 15) is 4.79 Å². The average Bonchev–Trinajstić information content (AvgIpc) is 2.30. The van der Waals surface area contributed by atoms with E-state index in [-0.39, 0.29) is 12.0 Å². The summed E-state index contributed by atoms with van der Waals surface area (Å²) in [6.45, 7) is 2.58. The van der Waals surface area contributed by atoms with Crippen LogP contribution in [-0.4, -0.2) is 24.4 Å². The van der Waals surface area contributed by atoms with Crippen molar-refractivity contribution >= 4 is 17.7 Å². The lowest BCUT2D eigenvalue weighted by Gasteiger charge is -2.39. The molecule has 0 spiro atoms. The van der Waals surface area contributed by atoms with Crippen molar-refractivity contribution in [2.75, 3.05) is 12.4 Å². The maximum absolute atomic E-state index is 11.8. The number of ether oxygens (including phenoxy) is 1. The first-order chi connectivity index (χ1) is 7.68. The third-order valence-electron chi connectivity index (χ3n) is 2.92. The molecule has 0 saturated carbocycles. The molecule has 2 atom stereocenters. The molecule has 3 nitrogen and oxygen atoms in total. The first kappa shape index (κ1) is 11.5. The highest BCUT2D eigenvalue weighted by Crippen LogP contribution is 2.43. The van der Waals surface area contributed by atoms with Gasteiger partial charge in [-0.2, -0.15) is 0 Å². The van der Waals surface area contributed by atoms with Gasteiger partial charge in [-0.05, 0) is 12.5 Å². The van der Waals surface area contributed by atoms with Crippen LogP contribution in [0.5, 0.6) is 0 Å². The van der Waals surface area contributed by atoms with Crippen LogP contribution in [0.15, 0.2) is 30.3 Å². The van der Waals surface area contributed by atoms with E-state index >= 15 is 0 Å². The monoisotopic (exact) mass is 237 g/mol. The molecule has 2 rings (SSSR count). The third-order valence-corrected chi connectivity index (χ3v) is 4.52. The minimum Gasteiger partial charge on any atom is -0.375 e. The first-order valence-electron chi connectivity index (χ1n) is 5.29. The van der Waals surface area contributed by atoms with Crippen molar-refractivity contribution in [1.82, 2.24) is 0 Å². The molecule has 16 heavy (non-hydrogen) atoms. The van der Waals surface area contributed by atoms with Gasteiger partial charge in [-0.15, -0.1) is 11.8 Å². The normalized spacial score (nSPS) is 29.9. The Hall–Kier alpha value is -1.00.